The summed E-state index contributed by atoms with van der Waals surface area (Å²) in [5.74, 6) is 0.437. The van der Waals surface area contributed by atoms with Gasteiger partial charge in [-0.25, -0.2) is 0 Å². The van der Waals surface area contributed by atoms with Crippen LogP contribution in [0.4, 0.5) is 0 Å². The van der Waals surface area contributed by atoms with Gasteiger partial charge in [-0.15, -0.1) is 0 Å². The molecule has 0 saturated heterocycles. The molecule has 1 N–H and O–H groups in total. The van der Waals surface area contributed by atoms with Gasteiger partial charge >= 0.3 is 8.80 Å². The minimum atomic E-state index is -2.78. The van der Waals surface area contributed by atoms with Gasteiger partial charge in [0.2, 0.25) is 0 Å². The van der Waals surface area contributed by atoms with E-state index in [2.05, 4.69) is 0 Å². The van der Waals surface area contributed by atoms with Crippen LogP contribution in [-0.4, -0.2) is 106 Å². The lowest BCUT2D eigenvalue weighted by Gasteiger charge is -2.35. The third-order valence-electron chi connectivity index (χ3n) is 5.43. The normalized spacial score (nSPS) is 21.8. The van der Waals surface area contributed by atoms with Crippen LogP contribution in [0.25, 0.3) is 0 Å². The fourth-order valence-electron chi connectivity index (χ4n) is 3.80. The molecule has 1 aliphatic rings. The van der Waals surface area contributed by atoms with Gasteiger partial charge in [0.1, 0.15) is 0 Å². The highest BCUT2D eigenvalue weighted by atomic mass is 28.4. The van der Waals surface area contributed by atoms with Crippen molar-refractivity contribution in [3.63, 3.8) is 0 Å². The molecule has 0 aromatic carbocycles. The van der Waals surface area contributed by atoms with Gasteiger partial charge in [-0.2, -0.15) is 0 Å². The molecule has 3 atom stereocenters. The van der Waals surface area contributed by atoms with E-state index in [1.54, 1.807) is 14.2 Å². The molecule has 32 heavy (non-hydrogen) atoms. The Hall–Kier alpha value is -0.143. The first-order valence-electron chi connectivity index (χ1n) is 12.0. The van der Waals surface area contributed by atoms with Crippen LogP contribution in [-0.2, 0) is 37.0 Å². The first-order chi connectivity index (χ1) is 15.6. The smallest absolute Gasteiger partial charge is 0.390 e. The van der Waals surface area contributed by atoms with Gasteiger partial charge < -0.3 is 42.1 Å². The second-order valence-corrected chi connectivity index (χ2v) is 10.5. The zero-order valence-electron chi connectivity index (χ0n) is 20.6. The van der Waals surface area contributed by atoms with Crippen molar-refractivity contribution < 1.29 is 42.1 Å². The van der Waals surface area contributed by atoms with Crippen LogP contribution < -0.4 is 0 Å². The van der Waals surface area contributed by atoms with E-state index in [0.717, 1.165) is 31.7 Å². The maximum absolute atomic E-state index is 10.4. The highest BCUT2D eigenvalue weighted by Crippen LogP contribution is 2.32. The topological polar surface area (TPSA) is 94.1 Å². The molecule has 1 aliphatic carbocycles. The standard InChI is InChI=1S/C22H46O9Si/c1-5-29-32(30-6-2,31-17-15-27-13-11-25-4)18-9-20-7-8-21(23)22(19-20)28-16-14-26-12-10-24-3/h20-23H,5-19H2,1-4H3. The van der Waals surface area contributed by atoms with Crippen LogP contribution >= 0.6 is 0 Å². The summed E-state index contributed by atoms with van der Waals surface area (Å²) in [4.78, 5) is 0. The van der Waals surface area contributed by atoms with E-state index in [1.807, 2.05) is 13.8 Å². The number of methoxy groups -OCH3 is 2. The zero-order valence-corrected chi connectivity index (χ0v) is 21.6. The van der Waals surface area contributed by atoms with Crippen LogP contribution in [0.1, 0.15) is 39.5 Å². The first kappa shape index (κ1) is 29.9. The minimum absolute atomic E-state index is 0.162. The molecule has 1 fully saturated rings. The van der Waals surface area contributed by atoms with E-state index in [9.17, 15) is 5.11 Å². The molecular formula is C22H46O9Si. The average molecular weight is 483 g/mol. The van der Waals surface area contributed by atoms with E-state index in [-0.39, 0.29) is 6.10 Å². The lowest BCUT2D eigenvalue weighted by atomic mass is 9.84. The van der Waals surface area contributed by atoms with Crippen molar-refractivity contribution in [1.82, 2.24) is 0 Å². The lowest BCUT2D eigenvalue weighted by Crippen LogP contribution is -2.47. The second-order valence-electron chi connectivity index (χ2n) is 7.80. The van der Waals surface area contributed by atoms with Crippen molar-refractivity contribution in [1.29, 1.82) is 0 Å². The molecule has 192 valence electrons. The fourth-order valence-corrected chi connectivity index (χ4v) is 6.52. The van der Waals surface area contributed by atoms with Gasteiger partial charge in [0.25, 0.3) is 0 Å². The minimum Gasteiger partial charge on any atom is -0.390 e. The molecule has 0 heterocycles. The summed E-state index contributed by atoms with van der Waals surface area (Å²) in [6, 6.07) is 0.750. The van der Waals surface area contributed by atoms with Crippen molar-refractivity contribution in [2.75, 3.05) is 80.3 Å². The predicted molar refractivity (Wildman–Crippen MR) is 123 cm³/mol. The number of aliphatic hydroxyl groups is 1. The van der Waals surface area contributed by atoms with Crippen molar-refractivity contribution in [3.05, 3.63) is 0 Å². The Morgan fingerprint density at radius 3 is 1.94 bits per heavy atom. The van der Waals surface area contributed by atoms with Crippen LogP contribution in [0.3, 0.4) is 0 Å². The van der Waals surface area contributed by atoms with Crippen LogP contribution in [0.2, 0.25) is 6.04 Å². The average Bonchev–Trinajstić information content (AvgIpc) is 2.79. The van der Waals surface area contributed by atoms with E-state index >= 15 is 0 Å². The van der Waals surface area contributed by atoms with Gasteiger partial charge in [0, 0.05) is 33.5 Å². The Bertz CT molecular complexity index is 424. The Balaban J connectivity index is 2.46. The fraction of sp³-hybridized carbons (Fsp3) is 1.00. The van der Waals surface area contributed by atoms with Gasteiger partial charge in [0.05, 0.1) is 65.1 Å². The lowest BCUT2D eigenvalue weighted by molar-refractivity contribution is -0.0864. The third kappa shape index (κ3) is 12.9. The predicted octanol–water partition coefficient (Wildman–Crippen LogP) is 2.28. The monoisotopic (exact) mass is 482 g/mol. The zero-order chi connectivity index (χ0) is 23.5. The molecule has 1 saturated carbocycles. The van der Waals surface area contributed by atoms with Crippen molar-refractivity contribution in [2.24, 2.45) is 5.92 Å². The SMILES string of the molecule is CCO[Si](CCC1CCC(O)C(OCCOCCOC)C1)(OCC)OCCOCCOC. The number of aliphatic hydroxyl groups excluding tert-OH is 1. The molecule has 0 aromatic heterocycles. The van der Waals surface area contributed by atoms with E-state index < -0.39 is 14.9 Å². The quantitative estimate of drug-likeness (QED) is 0.195. The molecule has 0 aromatic rings. The Kier molecular flexibility index (Phi) is 17.9. The summed E-state index contributed by atoms with van der Waals surface area (Å²) < 4.78 is 45.1. The summed E-state index contributed by atoms with van der Waals surface area (Å²) in [5, 5.41) is 10.4. The Labute approximate surface area is 195 Å². The Morgan fingerprint density at radius 1 is 0.750 bits per heavy atom. The summed E-state index contributed by atoms with van der Waals surface area (Å²) in [6.45, 7) is 9.16. The van der Waals surface area contributed by atoms with Gasteiger partial charge in [-0.3, -0.25) is 0 Å². The highest BCUT2D eigenvalue weighted by Gasteiger charge is 2.42. The third-order valence-corrected chi connectivity index (χ3v) is 8.43. The van der Waals surface area contributed by atoms with Gasteiger partial charge in [-0.1, -0.05) is 0 Å². The van der Waals surface area contributed by atoms with Crippen LogP contribution in [0.15, 0.2) is 0 Å². The van der Waals surface area contributed by atoms with Crippen LogP contribution in [0.5, 0.6) is 0 Å². The maximum atomic E-state index is 10.4. The molecule has 0 amide bonds. The molecule has 0 radical (unpaired) electrons. The molecule has 0 aliphatic heterocycles. The van der Waals surface area contributed by atoms with Crippen LogP contribution in [0, 0.1) is 5.92 Å². The van der Waals surface area contributed by atoms with E-state index in [4.69, 9.17) is 37.0 Å². The highest BCUT2D eigenvalue weighted by molar-refractivity contribution is 6.60. The second kappa shape index (κ2) is 19.2. The number of hydrogen-bond acceptors (Lipinski definition) is 9. The summed E-state index contributed by atoms with van der Waals surface area (Å²) in [7, 11) is 0.522. The Morgan fingerprint density at radius 2 is 1.34 bits per heavy atom. The molecule has 10 heteroatoms. The number of hydrogen-bond donors (Lipinski definition) is 1. The molecule has 3 unspecified atom stereocenters. The van der Waals surface area contributed by atoms with Crippen molar-refractivity contribution in [2.45, 2.75) is 57.8 Å². The molecule has 0 spiro atoms. The van der Waals surface area contributed by atoms with Gasteiger partial charge in [-0.05, 0) is 45.4 Å². The van der Waals surface area contributed by atoms with Crippen molar-refractivity contribution in [3.8, 4) is 0 Å². The number of ether oxygens (including phenoxy) is 5. The molecule has 1 rings (SSSR count). The molecule has 9 nitrogen and oxygen atoms in total. The van der Waals surface area contributed by atoms with E-state index in [1.165, 1.54) is 0 Å². The van der Waals surface area contributed by atoms with Gasteiger partial charge in [0.15, 0.2) is 0 Å². The van der Waals surface area contributed by atoms with E-state index in [0.29, 0.717) is 72.0 Å². The first-order valence-corrected chi connectivity index (χ1v) is 13.9. The summed E-state index contributed by atoms with van der Waals surface area (Å²) in [5.41, 5.74) is 0. The van der Waals surface area contributed by atoms with Crippen molar-refractivity contribution >= 4 is 8.80 Å². The summed E-state index contributed by atoms with van der Waals surface area (Å²) in [6.07, 6.45) is 2.87. The summed E-state index contributed by atoms with van der Waals surface area (Å²) >= 11 is 0. The number of rotatable bonds is 21. The maximum Gasteiger partial charge on any atom is 0.501 e. The molecule has 0 bridgehead atoms. The largest absolute Gasteiger partial charge is 0.501 e. The molecular weight excluding hydrogens is 436 g/mol.